The minimum absolute atomic E-state index is 0.0113. The number of primary amides is 1. The largest absolute Gasteiger partial charge is 0.481 e. The molecule has 19 heavy (non-hydrogen) atoms. The number of carboxylic acid groups (broad SMARTS) is 1. The van der Waals surface area contributed by atoms with E-state index >= 15 is 0 Å². The first kappa shape index (κ1) is 13.7. The molecule has 5 nitrogen and oxygen atoms in total. The Morgan fingerprint density at radius 2 is 2.11 bits per heavy atom. The zero-order valence-corrected chi connectivity index (χ0v) is 11.2. The molecule has 2 rings (SSSR count). The maximum Gasteiger partial charge on any atom is 0.308 e. The second-order valence-corrected chi connectivity index (χ2v) is 5.23. The highest BCUT2D eigenvalue weighted by molar-refractivity contribution is 6.34. The molecule has 0 aliphatic carbocycles. The number of anilines is 1. The number of benzene rings is 1. The number of carboxylic acids is 1. The van der Waals surface area contributed by atoms with Crippen LogP contribution in [0.3, 0.4) is 0 Å². The predicted molar refractivity (Wildman–Crippen MR) is 72.5 cm³/mol. The van der Waals surface area contributed by atoms with Crippen molar-refractivity contribution >= 4 is 29.2 Å². The normalized spacial score (nSPS) is 22.5. The van der Waals surface area contributed by atoms with Gasteiger partial charge in [0, 0.05) is 13.1 Å². The first-order valence-corrected chi connectivity index (χ1v) is 6.35. The van der Waals surface area contributed by atoms with E-state index in [1.54, 1.807) is 18.2 Å². The smallest absolute Gasteiger partial charge is 0.308 e. The molecule has 0 bridgehead atoms. The van der Waals surface area contributed by atoms with Crippen LogP contribution in [0.25, 0.3) is 0 Å². The monoisotopic (exact) mass is 282 g/mol. The highest BCUT2D eigenvalue weighted by Gasteiger charge is 2.36. The van der Waals surface area contributed by atoms with Crippen LogP contribution in [0.4, 0.5) is 5.69 Å². The van der Waals surface area contributed by atoms with Crippen molar-refractivity contribution in [2.75, 3.05) is 18.0 Å². The first-order valence-electron chi connectivity index (χ1n) is 5.98. The van der Waals surface area contributed by atoms with Crippen molar-refractivity contribution in [3.8, 4) is 0 Å². The van der Waals surface area contributed by atoms with Gasteiger partial charge in [0.2, 0.25) is 0 Å². The topological polar surface area (TPSA) is 83.6 Å². The molecule has 0 aromatic heterocycles. The average molecular weight is 283 g/mol. The lowest BCUT2D eigenvalue weighted by Crippen LogP contribution is -2.26. The molecule has 0 radical (unpaired) electrons. The molecule has 0 saturated carbocycles. The molecule has 2 atom stereocenters. The van der Waals surface area contributed by atoms with Crippen LogP contribution in [-0.2, 0) is 4.79 Å². The Bertz CT molecular complexity index is 533. The third kappa shape index (κ3) is 2.51. The second kappa shape index (κ2) is 5.09. The summed E-state index contributed by atoms with van der Waals surface area (Å²) in [6, 6.07) is 5.06. The minimum Gasteiger partial charge on any atom is -0.481 e. The molecule has 1 aliphatic rings. The summed E-state index contributed by atoms with van der Waals surface area (Å²) < 4.78 is 0. The van der Waals surface area contributed by atoms with Gasteiger partial charge in [-0.2, -0.15) is 0 Å². The lowest BCUT2D eigenvalue weighted by molar-refractivity contribution is -0.142. The van der Waals surface area contributed by atoms with Crippen molar-refractivity contribution in [2.24, 2.45) is 17.6 Å². The summed E-state index contributed by atoms with van der Waals surface area (Å²) in [5, 5.41) is 9.43. The molecular weight excluding hydrogens is 268 g/mol. The van der Waals surface area contributed by atoms with Crippen LogP contribution < -0.4 is 10.6 Å². The molecule has 102 valence electrons. The molecular formula is C13H15ClN2O3. The molecule has 1 aromatic rings. The van der Waals surface area contributed by atoms with E-state index in [0.29, 0.717) is 18.8 Å². The number of nitrogens with two attached hydrogens (primary N) is 1. The van der Waals surface area contributed by atoms with Crippen molar-refractivity contribution < 1.29 is 14.7 Å². The summed E-state index contributed by atoms with van der Waals surface area (Å²) in [5.41, 5.74) is 6.21. The van der Waals surface area contributed by atoms with Gasteiger partial charge < -0.3 is 15.7 Å². The fraction of sp³-hybridized carbons (Fsp3) is 0.385. The van der Waals surface area contributed by atoms with Crippen LogP contribution >= 0.6 is 11.6 Å². The van der Waals surface area contributed by atoms with Gasteiger partial charge in [0.25, 0.3) is 5.91 Å². The third-order valence-electron chi connectivity index (χ3n) is 3.51. The van der Waals surface area contributed by atoms with Gasteiger partial charge in [-0.15, -0.1) is 0 Å². The van der Waals surface area contributed by atoms with Crippen molar-refractivity contribution in [2.45, 2.75) is 6.92 Å². The van der Waals surface area contributed by atoms with Crippen molar-refractivity contribution in [3.05, 3.63) is 28.8 Å². The minimum atomic E-state index is -0.822. The van der Waals surface area contributed by atoms with E-state index in [1.807, 2.05) is 11.8 Å². The lowest BCUT2D eigenvalue weighted by atomic mass is 9.99. The number of carbonyl (C=O) groups is 2. The fourth-order valence-corrected chi connectivity index (χ4v) is 2.77. The number of amides is 1. The van der Waals surface area contributed by atoms with Gasteiger partial charge in [-0.3, -0.25) is 9.59 Å². The number of hydrogen-bond donors (Lipinski definition) is 2. The number of carbonyl (C=O) groups excluding carboxylic acids is 1. The fourth-order valence-electron chi connectivity index (χ4n) is 2.51. The van der Waals surface area contributed by atoms with Gasteiger partial charge in [0.1, 0.15) is 0 Å². The molecule has 1 heterocycles. The Hall–Kier alpha value is -1.75. The summed E-state index contributed by atoms with van der Waals surface area (Å²) in [4.78, 5) is 24.5. The first-order chi connectivity index (χ1) is 8.91. The summed E-state index contributed by atoms with van der Waals surface area (Å²) in [7, 11) is 0. The van der Waals surface area contributed by atoms with Crippen LogP contribution in [0.5, 0.6) is 0 Å². The van der Waals surface area contributed by atoms with Crippen LogP contribution in [-0.4, -0.2) is 30.1 Å². The molecule has 1 aliphatic heterocycles. The Balaban J connectivity index is 2.37. The molecule has 0 spiro atoms. The second-order valence-electron chi connectivity index (χ2n) is 4.83. The van der Waals surface area contributed by atoms with Crippen molar-refractivity contribution in [1.29, 1.82) is 0 Å². The SMILES string of the molecule is CC1CN(c2cccc(Cl)c2C(N)=O)CC1C(=O)O. The highest BCUT2D eigenvalue weighted by atomic mass is 35.5. The number of halogens is 1. The summed E-state index contributed by atoms with van der Waals surface area (Å²) >= 11 is 5.99. The van der Waals surface area contributed by atoms with Crippen molar-refractivity contribution in [3.63, 3.8) is 0 Å². The van der Waals surface area contributed by atoms with Crippen LogP contribution in [0, 0.1) is 11.8 Å². The summed E-state index contributed by atoms with van der Waals surface area (Å²) in [5.74, 6) is -1.86. The van der Waals surface area contributed by atoms with E-state index in [-0.39, 0.29) is 16.5 Å². The number of hydrogen-bond acceptors (Lipinski definition) is 3. The molecule has 1 aromatic carbocycles. The summed E-state index contributed by atoms with van der Waals surface area (Å²) in [6.07, 6.45) is 0. The van der Waals surface area contributed by atoms with Gasteiger partial charge in [-0.05, 0) is 18.1 Å². The van der Waals surface area contributed by atoms with E-state index in [9.17, 15) is 9.59 Å². The molecule has 6 heteroatoms. The molecule has 1 saturated heterocycles. The van der Waals surface area contributed by atoms with Gasteiger partial charge in [-0.25, -0.2) is 0 Å². The van der Waals surface area contributed by atoms with Crippen LogP contribution in [0.2, 0.25) is 5.02 Å². The predicted octanol–water partition coefficient (Wildman–Crippen LogP) is 1.60. The molecule has 1 amide bonds. The Morgan fingerprint density at radius 3 is 2.63 bits per heavy atom. The van der Waals surface area contributed by atoms with Gasteiger partial charge in [0.15, 0.2) is 0 Å². The van der Waals surface area contributed by atoms with E-state index in [2.05, 4.69) is 0 Å². The maximum absolute atomic E-state index is 11.5. The Morgan fingerprint density at radius 1 is 1.42 bits per heavy atom. The average Bonchev–Trinajstić information content (AvgIpc) is 2.70. The number of nitrogens with zero attached hydrogens (tertiary/aromatic N) is 1. The number of aliphatic carboxylic acids is 1. The Kier molecular flexibility index (Phi) is 3.66. The van der Waals surface area contributed by atoms with Gasteiger partial charge in [-0.1, -0.05) is 24.6 Å². The zero-order chi connectivity index (χ0) is 14.2. The van der Waals surface area contributed by atoms with E-state index in [4.69, 9.17) is 22.4 Å². The van der Waals surface area contributed by atoms with Crippen LogP contribution in [0.1, 0.15) is 17.3 Å². The van der Waals surface area contributed by atoms with E-state index in [1.165, 1.54) is 0 Å². The highest BCUT2D eigenvalue weighted by Crippen LogP contribution is 2.33. The molecule has 3 N–H and O–H groups in total. The lowest BCUT2D eigenvalue weighted by Gasteiger charge is -2.21. The standard InChI is InChI=1S/C13H15ClN2O3/c1-7-5-16(6-8(7)13(18)19)10-4-2-3-9(14)11(10)12(15)17/h2-4,7-8H,5-6H2,1H3,(H2,15,17)(H,18,19). The molecule has 1 fully saturated rings. The van der Waals surface area contributed by atoms with Crippen LogP contribution in [0.15, 0.2) is 18.2 Å². The zero-order valence-electron chi connectivity index (χ0n) is 10.5. The maximum atomic E-state index is 11.5. The molecule has 2 unspecified atom stereocenters. The third-order valence-corrected chi connectivity index (χ3v) is 3.82. The number of rotatable bonds is 3. The summed E-state index contributed by atoms with van der Waals surface area (Å²) in [6.45, 7) is 2.81. The Labute approximate surface area is 116 Å². The quantitative estimate of drug-likeness (QED) is 0.882. The van der Waals surface area contributed by atoms with Gasteiger partial charge in [0.05, 0.1) is 22.2 Å². The van der Waals surface area contributed by atoms with E-state index in [0.717, 1.165) is 0 Å². The van der Waals surface area contributed by atoms with Gasteiger partial charge >= 0.3 is 5.97 Å². The van der Waals surface area contributed by atoms with Crippen molar-refractivity contribution in [1.82, 2.24) is 0 Å². The van der Waals surface area contributed by atoms with E-state index < -0.39 is 17.8 Å².